The molecular formula is C6H8Ag2O4. The van der Waals surface area contributed by atoms with Crippen LogP contribution in [0.5, 0.6) is 0 Å². The molecule has 0 saturated heterocycles. The number of hydrogen-bond acceptors (Lipinski definition) is 4. The van der Waals surface area contributed by atoms with E-state index in [4.69, 9.17) is 0 Å². The van der Waals surface area contributed by atoms with Crippen LogP contribution < -0.4 is 10.2 Å². The summed E-state index contributed by atoms with van der Waals surface area (Å²) in [5, 5.41) is 19.5. The van der Waals surface area contributed by atoms with E-state index in [1.807, 2.05) is 0 Å². The van der Waals surface area contributed by atoms with Crippen molar-refractivity contribution in [3.05, 3.63) is 0 Å². The van der Waals surface area contributed by atoms with Gasteiger partial charge in [0.25, 0.3) is 0 Å². The van der Waals surface area contributed by atoms with Gasteiger partial charge in [0, 0.05) is 11.9 Å². The van der Waals surface area contributed by atoms with Gasteiger partial charge in [0.2, 0.25) is 0 Å². The molecule has 0 radical (unpaired) electrons. The molecule has 0 aromatic heterocycles. The summed E-state index contributed by atoms with van der Waals surface area (Å²) >= 11 is 0. The predicted octanol–water partition coefficient (Wildman–Crippen LogP) is -1.96. The summed E-state index contributed by atoms with van der Waals surface area (Å²) in [5.41, 5.74) is 0. The van der Waals surface area contributed by atoms with Crippen LogP contribution in [-0.2, 0) is 54.3 Å². The monoisotopic (exact) mass is 358 g/mol. The SMILES string of the molecule is O=C([O-])CCCCC(=O)[O-].[Ag+].[Ag+]. The maximum atomic E-state index is 9.77. The zero-order chi connectivity index (χ0) is 7.98. The van der Waals surface area contributed by atoms with Crippen LogP contribution in [0.1, 0.15) is 25.7 Å². The fourth-order valence-electron chi connectivity index (χ4n) is 0.539. The number of aliphatic carboxylic acids is 2. The van der Waals surface area contributed by atoms with Crippen LogP contribution in [-0.4, -0.2) is 11.9 Å². The third-order valence-electron chi connectivity index (χ3n) is 1.01. The molecule has 6 heteroatoms. The summed E-state index contributed by atoms with van der Waals surface area (Å²) in [6.45, 7) is 0. The Hall–Kier alpha value is 0.421. The molecule has 0 aliphatic heterocycles. The van der Waals surface area contributed by atoms with E-state index in [1.54, 1.807) is 0 Å². The Morgan fingerprint density at radius 3 is 1.25 bits per heavy atom. The molecule has 78 valence electrons. The maximum absolute atomic E-state index is 9.77. The molecule has 0 spiro atoms. The Balaban J connectivity index is -0.000000405. The van der Waals surface area contributed by atoms with E-state index in [1.165, 1.54) is 0 Å². The minimum absolute atomic E-state index is 0. The van der Waals surface area contributed by atoms with Crippen molar-refractivity contribution in [2.24, 2.45) is 0 Å². The van der Waals surface area contributed by atoms with Crippen molar-refractivity contribution in [2.75, 3.05) is 0 Å². The van der Waals surface area contributed by atoms with Gasteiger partial charge < -0.3 is 19.8 Å². The first-order chi connectivity index (χ1) is 4.63. The Kier molecular flexibility index (Phi) is 17.4. The van der Waals surface area contributed by atoms with Gasteiger partial charge in [-0.3, -0.25) is 0 Å². The van der Waals surface area contributed by atoms with Crippen LogP contribution in [0.15, 0.2) is 0 Å². The van der Waals surface area contributed by atoms with Crippen LogP contribution in [0.25, 0.3) is 0 Å². The first-order valence-corrected chi connectivity index (χ1v) is 3.02. The quantitative estimate of drug-likeness (QED) is 0.422. The minimum atomic E-state index is -1.14. The minimum Gasteiger partial charge on any atom is -0.550 e. The van der Waals surface area contributed by atoms with Gasteiger partial charge in [-0.15, -0.1) is 0 Å². The average Bonchev–Trinajstić information content (AvgIpc) is 1.79. The first-order valence-electron chi connectivity index (χ1n) is 3.02. The maximum Gasteiger partial charge on any atom is 1.00 e. The predicted molar refractivity (Wildman–Crippen MR) is 28.5 cm³/mol. The third-order valence-corrected chi connectivity index (χ3v) is 1.01. The molecule has 0 aromatic rings. The fourth-order valence-corrected chi connectivity index (χ4v) is 0.539. The van der Waals surface area contributed by atoms with Crippen LogP contribution in [0.4, 0.5) is 0 Å². The summed E-state index contributed by atoms with van der Waals surface area (Å²) < 4.78 is 0. The van der Waals surface area contributed by atoms with Crippen molar-refractivity contribution in [2.45, 2.75) is 25.7 Å². The smallest absolute Gasteiger partial charge is 0.550 e. The van der Waals surface area contributed by atoms with E-state index in [0.29, 0.717) is 12.8 Å². The number of unbranched alkanes of at least 4 members (excludes halogenated alkanes) is 1. The summed E-state index contributed by atoms with van der Waals surface area (Å²) in [5.74, 6) is -2.28. The number of carboxylic acid groups (broad SMARTS) is 2. The first kappa shape index (κ1) is 18.3. The number of hydrogen-bond donors (Lipinski definition) is 0. The van der Waals surface area contributed by atoms with Crippen LogP contribution >= 0.6 is 0 Å². The second-order valence-corrected chi connectivity index (χ2v) is 1.95. The molecular weight excluding hydrogens is 352 g/mol. The number of carboxylic acids is 2. The molecule has 0 aliphatic rings. The fraction of sp³-hybridized carbons (Fsp3) is 0.667. The molecule has 0 aromatic carbocycles. The van der Waals surface area contributed by atoms with Crippen molar-refractivity contribution in [3.8, 4) is 0 Å². The Morgan fingerprint density at radius 2 is 1.08 bits per heavy atom. The average molecular weight is 360 g/mol. The van der Waals surface area contributed by atoms with Crippen LogP contribution in [0.2, 0.25) is 0 Å². The topological polar surface area (TPSA) is 80.3 Å². The van der Waals surface area contributed by atoms with Gasteiger partial charge in [-0.1, -0.05) is 0 Å². The van der Waals surface area contributed by atoms with Gasteiger partial charge in [-0.05, 0) is 25.7 Å². The molecule has 0 rings (SSSR count). The van der Waals surface area contributed by atoms with E-state index in [9.17, 15) is 19.8 Å². The van der Waals surface area contributed by atoms with Crippen molar-refractivity contribution in [3.63, 3.8) is 0 Å². The summed E-state index contributed by atoms with van der Waals surface area (Å²) in [6, 6.07) is 0. The molecule has 0 aliphatic carbocycles. The van der Waals surface area contributed by atoms with Gasteiger partial charge in [0.1, 0.15) is 0 Å². The Morgan fingerprint density at radius 1 is 0.833 bits per heavy atom. The van der Waals surface area contributed by atoms with E-state index >= 15 is 0 Å². The number of carbonyl (C=O) groups excluding carboxylic acids is 2. The summed E-state index contributed by atoms with van der Waals surface area (Å²) in [4.78, 5) is 19.5. The van der Waals surface area contributed by atoms with Gasteiger partial charge in [0.05, 0.1) is 0 Å². The van der Waals surface area contributed by atoms with Gasteiger partial charge in [0.15, 0.2) is 0 Å². The Bertz CT molecular complexity index is 122. The second-order valence-electron chi connectivity index (χ2n) is 1.95. The zero-order valence-corrected chi connectivity index (χ0v) is 9.03. The Labute approximate surface area is 102 Å². The number of carbonyl (C=O) groups is 2. The van der Waals surface area contributed by atoms with Crippen molar-refractivity contribution in [1.82, 2.24) is 0 Å². The number of rotatable bonds is 5. The largest absolute Gasteiger partial charge is 1.00 e. The molecule has 12 heavy (non-hydrogen) atoms. The van der Waals surface area contributed by atoms with E-state index in [-0.39, 0.29) is 57.6 Å². The van der Waals surface area contributed by atoms with E-state index in [2.05, 4.69) is 0 Å². The molecule has 0 atom stereocenters. The summed E-state index contributed by atoms with van der Waals surface area (Å²) in [7, 11) is 0. The zero-order valence-electron chi connectivity index (χ0n) is 6.06. The molecule has 4 nitrogen and oxygen atoms in total. The van der Waals surface area contributed by atoms with E-state index in [0.717, 1.165) is 0 Å². The standard InChI is InChI=1S/C6H10O4.2Ag/c7-5(8)3-1-2-4-6(9)10;;/h1-4H2,(H,7,8)(H,9,10);;/q;2*+1/p-2. The molecule has 0 unspecified atom stereocenters. The van der Waals surface area contributed by atoms with Gasteiger partial charge >= 0.3 is 44.8 Å². The molecule has 0 amide bonds. The van der Waals surface area contributed by atoms with Crippen molar-refractivity contribution < 1.29 is 64.6 Å². The normalized spacial score (nSPS) is 7.67. The molecule has 0 bridgehead atoms. The van der Waals surface area contributed by atoms with Crippen molar-refractivity contribution in [1.29, 1.82) is 0 Å². The van der Waals surface area contributed by atoms with E-state index < -0.39 is 11.9 Å². The third kappa shape index (κ3) is 16.8. The van der Waals surface area contributed by atoms with Gasteiger partial charge in [-0.25, -0.2) is 0 Å². The molecule has 0 heterocycles. The van der Waals surface area contributed by atoms with Gasteiger partial charge in [-0.2, -0.15) is 0 Å². The van der Waals surface area contributed by atoms with Crippen molar-refractivity contribution >= 4 is 11.9 Å². The molecule has 0 N–H and O–H groups in total. The second kappa shape index (κ2) is 11.4. The van der Waals surface area contributed by atoms with Crippen LogP contribution in [0.3, 0.4) is 0 Å². The molecule has 0 saturated carbocycles. The van der Waals surface area contributed by atoms with Crippen LogP contribution in [0, 0.1) is 0 Å². The molecule has 0 fully saturated rings. The summed E-state index contributed by atoms with van der Waals surface area (Å²) in [6.07, 6.45) is 0.535.